The number of carbonyl (C=O) groups excluding carboxylic acids is 2. The second kappa shape index (κ2) is 9.23. The maximum absolute atomic E-state index is 14.2. The third kappa shape index (κ3) is 6.61. The number of ether oxygens (including phenoxy) is 2. The molecular formula is C18H18F4N2O4S2. The van der Waals surface area contributed by atoms with Crippen LogP contribution in [0.5, 0.6) is 5.75 Å². The Hall–Kier alpha value is -2.31. The zero-order valence-corrected chi connectivity index (χ0v) is 17.7. The molecule has 0 atom stereocenters. The Morgan fingerprint density at radius 2 is 1.90 bits per heavy atom. The highest BCUT2D eigenvalue weighted by atomic mass is 32.2. The summed E-state index contributed by atoms with van der Waals surface area (Å²) >= 11 is 2.05. The first kappa shape index (κ1) is 24.0. The van der Waals surface area contributed by atoms with Crippen LogP contribution < -0.4 is 15.8 Å². The van der Waals surface area contributed by atoms with Crippen molar-refractivity contribution in [1.29, 1.82) is 0 Å². The van der Waals surface area contributed by atoms with Gasteiger partial charge in [-0.05, 0) is 32.0 Å². The highest BCUT2D eigenvalue weighted by Gasteiger charge is 2.32. The van der Waals surface area contributed by atoms with Crippen LogP contribution in [0.25, 0.3) is 0 Å². The molecule has 0 radical (unpaired) electrons. The number of amides is 1. The van der Waals surface area contributed by atoms with Crippen molar-refractivity contribution in [2.45, 2.75) is 48.4 Å². The van der Waals surface area contributed by atoms with Crippen LogP contribution in [0.4, 0.5) is 22.6 Å². The molecule has 164 valence electrons. The fourth-order valence-corrected chi connectivity index (χ4v) is 4.46. The Balaban J connectivity index is 2.18. The Labute approximate surface area is 177 Å². The van der Waals surface area contributed by atoms with Crippen LogP contribution in [-0.4, -0.2) is 23.8 Å². The summed E-state index contributed by atoms with van der Waals surface area (Å²) in [7, 11) is 0. The van der Waals surface area contributed by atoms with E-state index in [0.717, 1.165) is 35.2 Å². The fraction of sp³-hybridized carbons (Fsp3) is 0.333. The summed E-state index contributed by atoms with van der Waals surface area (Å²) < 4.78 is 60.1. The van der Waals surface area contributed by atoms with Gasteiger partial charge in [0, 0.05) is 30.0 Å². The average molecular weight is 466 g/mol. The standard InChI is InChI=1S/C18H18F4N2O4S2/c1-9(25)27-17(2,3)16(26)24-15-10(8-23)6-14(30-15)29-13-5-4-11(7-12(13)19)28-18(20,21)22/h4-7H,8,23H2,1-3H3,(H,24,26). The molecule has 0 fully saturated rings. The monoisotopic (exact) mass is 466 g/mol. The first-order valence-electron chi connectivity index (χ1n) is 8.37. The number of thiophene rings is 1. The van der Waals surface area contributed by atoms with E-state index in [1.54, 1.807) is 6.07 Å². The average Bonchev–Trinajstić information content (AvgIpc) is 2.96. The third-order valence-electron chi connectivity index (χ3n) is 3.53. The molecule has 2 aromatic rings. The summed E-state index contributed by atoms with van der Waals surface area (Å²) in [5, 5.41) is 3.02. The van der Waals surface area contributed by atoms with E-state index in [2.05, 4.69) is 10.1 Å². The van der Waals surface area contributed by atoms with Crippen molar-refractivity contribution in [1.82, 2.24) is 0 Å². The van der Waals surface area contributed by atoms with Crippen LogP contribution in [-0.2, 0) is 20.9 Å². The number of hydrogen-bond donors (Lipinski definition) is 2. The summed E-state index contributed by atoms with van der Waals surface area (Å²) in [5.74, 6) is -2.76. The molecule has 3 N–H and O–H groups in total. The number of nitrogens with one attached hydrogen (secondary N) is 1. The summed E-state index contributed by atoms with van der Waals surface area (Å²) in [6.45, 7) is 4.10. The summed E-state index contributed by atoms with van der Waals surface area (Å²) in [4.78, 5) is 23.6. The predicted molar refractivity (Wildman–Crippen MR) is 104 cm³/mol. The SMILES string of the molecule is CC(=O)OC(C)(C)C(=O)Nc1sc(Sc2ccc(OC(F)(F)F)cc2F)cc1CN. The van der Waals surface area contributed by atoms with E-state index in [-0.39, 0.29) is 11.4 Å². The van der Waals surface area contributed by atoms with Gasteiger partial charge in [0.05, 0.1) is 4.21 Å². The lowest BCUT2D eigenvalue weighted by molar-refractivity contribution is -0.274. The molecule has 0 aliphatic heterocycles. The van der Waals surface area contributed by atoms with E-state index in [9.17, 15) is 27.2 Å². The third-order valence-corrected chi connectivity index (χ3v) is 5.78. The quantitative estimate of drug-likeness (QED) is 0.455. The van der Waals surface area contributed by atoms with E-state index >= 15 is 0 Å². The van der Waals surface area contributed by atoms with Crippen molar-refractivity contribution in [3.8, 4) is 5.75 Å². The summed E-state index contributed by atoms with van der Waals surface area (Å²) in [5.41, 5.74) is 4.84. The number of halogens is 4. The molecule has 2 rings (SSSR count). The van der Waals surface area contributed by atoms with Crippen molar-refractivity contribution >= 4 is 40.0 Å². The predicted octanol–water partition coefficient (Wildman–Crippen LogP) is 4.68. The molecule has 1 aromatic heterocycles. The molecule has 0 spiro atoms. The first-order chi connectivity index (χ1) is 13.8. The lowest BCUT2D eigenvalue weighted by Crippen LogP contribution is -2.41. The fourth-order valence-electron chi connectivity index (χ4n) is 2.24. The Morgan fingerprint density at radius 3 is 2.43 bits per heavy atom. The molecule has 0 aliphatic rings. The van der Waals surface area contributed by atoms with Crippen molar-refractivity contribution in [3.63, 3.8) is 0 Å². The molecule has 1 aromatic carbocycles. The van der Waals surface area contributed by atoms with Gasteiger partial charge in [0.25, 0.3) is 5.91 Å². The van der Waals surface area contributed by atoms with E-state index in [0.29, 0.717) is 20.8 Å². The second-order valence-electron chi connectivity index (χ2n) is 6.42. The Kier molecular flexibility index (Phi) is 7.37. The smallest absolute Gasteiger partial charge is 0.450 e. The minimum absolute atomic E-state index is 0.0625. The minimum Gasteiger partial charge on any atom is -0.450 e. The van der Waals surface area contributed by atoms with E-state index in [1.807, 2.05) is 0 Å². The number of anilines is 1. The number of esters is 1. The van der Waals surface area contributed by atoms with Gasteiger partial charge in [-0.25, -0.2) is 4.39 Å². The lowest BCUT2D eigenvalue weighted by atomic mass is 10.1. The normalized spacial score (nSPS) is 11.9. The summed E-state index contributed by atoms with van der Waals surface area (Å²) in [6.07, 6.45) is -4.92. The van der Waals surface area contributed by atoms with E-state index in [1.165, 1.54) is 20.8 Å². The molecule has 0 saturated carbocycles. The highest BCUT2D eigenvalue weighted by Crippen LogP contribution is 2.40. The van der Waals surface area contributed by atoms with Gasteiger partial charge >= 0.3 is 12.3 Å². The van der Waals surface area contributed by atoms with Crippen LogP contribution >= 0.6 is 23.1 Å². The largest absolute Gasteiger partial charge is 0.573 e. The van der Waals surface area contributed by atoms with Crippen molar-refractivity contribution in [2.24, 2.45) is 5.73 Å². The topological polar surface area (TPSA) is 90.7 Å². The molecule has 0 bridgehead atoms. The zero-order valence-electron chi connectivity index (χ0n) is 16.1. The van der Waals surface area contributed by atoms with Crippen molar-refractivity contribution in [2.75, 3.05) is 5.32 Å². The van der Waals surface area contributed by atoms with Gasteiger partial charge in [-0.3, -0.25) is 9.59 Å². The molecule has 1 heterocycles. The number of rotatable bonds is 7. The van der Waals surface area contributed by atoms with Crippen LogP contribution in [0.1, 0.15) is 26.3 Å². The molecule has 1 amide bonds. The van der Waals surface area contributed by atoms with Gasteiger partial charge < -0.3 is 20.5 Å². The van der Waals surface area contributed by atoms with Crippen molar-refractivity contribution in [3.05, 3.63) is 35.6 Å². The van der Waals surface area contributed by atoms with Crippen LogP contribution in [0.15, 0.2) is 33.4 Å². The number of alkyl halides is 3. The first-order valence-corrected chi connectivity index (χ1v) is 10.0. The van der Waals surface area contributed by atoms with Gasteiger partial charge in [0.2, 0.25) is 0 Å². The minimum atomic E-state index is -4.92. The molecule has 0 unspecified atom stereocenters. The highest BCUT2D eigenvalue weighted by molar-refractivity contribution is 8.01. The van der Waals surface area contributed by atoms with Gasteiger partial charge in [0.1, 0.15) is 16.6 Å². The van der Waals surface area contributed by atoms with Crippen LogP contribution in [0, 0.1) is 5.82 Å². The maximum atomic E-state index is 14.2. The van der Waals surface area contributed by atoms with Gasteiger partial charge in [-0.1, -0.05) is 11.8 Å². The van der Waals surface area contributed by atoms with E-state index < -0.39 is 35.4 Å². The lowest BCUT2D eigenvalue weighted by Gasteiger charge is -2.23. The number of hydrogen-bond acceptors (Lipinski definition) is 7. The van der Waals surface area contributed by atoms with Gasteiger partial charge in [0.15, 0.2) is 5.60 Å². The van der Waals surface area contributed by atoms with Gasteiger partial charge in [-0.2, -0.15) is 0 Å². The molecule has 6 nitrogen and oxygen atoms in total. The van der Waals surface area contributed by atoms with E-state index in [4.69, 9.17) is 10.5 Å². The molecule has 30 heavy (non-hydrogen) atoms. The number of benzene rings is 1. The number of carbonyl (C=O) groups is 2. The Bertz CT molecular complexity index is 945. The van der Waals surface area contributed by atoms with Crippen LogP contribution in [0.3, 0.4) is 0 Å². The van der Waals surface area contributed by atoms with Crippen LogP contribution in [0.2, 0.25) is 0 Å². The second-order valence-corrected chi connectivity index (χ2v) is 8.82. The Morgan fingerprint density at radius 1 is 1.23 bits per heavy atom. The maximum Gasteiger partial charge on any atom is 0.573 e. The molecule has 0 saturated heterocycles. The molecule has 12 heteroatoms. The molecule has 0 aliphatic carbocycles. The van der Waals surface area contributed by atoms with Gasteiger partial charge in [-0.15, -0.1) is 24.5 Å². The summed E-state index contributed by atoms with van der Waals surface area (Å²) in [6, 6.07) is 4.42. The number of nitrogens with two attached hydrogens (primary N) is 1. The molecular weight excluding hydrogens is 448 g/mol. The zero-order chi connectivity index (χ0) is 22.7. The van der Waals surface area contributed by atoms with Crippen molar-refractivity contribution < 1.29 is 36.6 Å².